The van der Waals surface area contributed by atoms with E-state index in [1.807, 2.05) is 0 Å². The molecule has 226 valence electrons. The number of methoxy groups -OCH3 is 1. The van der Waals surface area contributed by atoms with E-state index in [1.54, 1.807) is 41.5 Å². The number of carbonyl (C=O) groups excluding carboxylic acids is 3. The van der Waals surface area contributed by atoms with E-state index in [0.717, 1.165) is 0 Å². The van der Waals surface area contributed by atoms with Gasteiger partial charge in [-0.1, -0.05) is 20.6 Å². The molecule has 13 nitrogen and oxygen atoms in total. The van der Waals surface area contributed by atoms with Gasteiger partial charge in [-0.25, -0.2) is 19.2 Å². The molecule has 0 bridgehead atoms. The van der Waals surface area contributed by atoms with E-state index in [2.05, 4.69) is 13.2 Å². The van der Waals surface area contributed by atoms with Crippen LogP contribution in [0.2, 0.25) is 0 Å². The van der Waals surface area contributed by atoms with Crippen molar-refractivity contribution in [1.82, 2.24) is 9.80 Å². The number of hydrogen-bond donors (Lipinski definition) is 1. The van der Waals surface area contributed by atoms with Crippen LogP contribution in [0.3, 0.4) is 0 Å². The molecular weight excluding hydrogens is 523 g/mol. The second-order valence-electron chi connectivity index (χ2n) is 10.5. The first kappa shape index (κ1) is 41.9. The van der Waals surface area contributed by atoms with E-state index in [0.29, 0.717) is 13.1 Å². The zero-order chi connectivity index (χ0) is 28.7. The van der Waals surface area contributed by atoms with E-state index in [4.69, 9.17) is 28.8 Å². The first-order valence-corrected chi connectivity index (χ1v) is 11.8. The van der Waals surface area contributed by atoms with Crippen molar-refractivity contribution in [2.24, 2.45) is 0 Å². The number of carbonyl (C=O) groups is 4. The molecule has 0 radical (unpaired) electrons. The molecule has 2 amide bonds. The van der Waals surface area contributed by atoms with E-state index in [9.17, 15) is 19.2 Å². The number of carboxylic acids is 1. The van der Waals surface area contributed by atoms with E-state index < -0.39 is 46.5 Å². The number of morpholine rings is 2. The molecule has 40 heavy (non-hydrogen) atoms. The largest absolute Gasteiger partial charge is 1.00 e. The fourth-order valence-corrected chi connectivity index (χ4v) is 3.30. The van der Waals surface area contributed by atoms with Crippen LogP contribution >= 0.6 is 0 Å². The van der Waals surface area contributed by atoms with Gasteiger partial charge in [0.1, 0.15) is 11.2 Å². The van der Waals surface area contributed by atoms with Crippen molar-refractivity contribution < 1.29 is 72.3 Å². The van der Waals surface area contributed by atoms with Crippen molar-refractivity contribution in [3.63, 3.8) is 0 Å². The van der Waals surface area contributed by atoms with Crippen LogP contribution in [-0.2, 0) is 33.3 Å². The average Bonchev–Trinajstić information content (AvgIpc) is 2.81. The maximum absolute atomic E-state index is 12.0. The number of amides is 2. The fourth-order valence-electron chi connectivity index (χ4n) is 3.30. The summed E-state index contributed by atoms with van der Waals surface area (Å²) < 4.78 is 25.8. The molecule has 2 saturated heterocycles. The van der Waals surface area contributed by atoms with E-state index in [1.165, 1.54) is 29.1 Å². The molecule has 0 aromatic rings. The van der Waals surface area contributed by atoms with Crippen molar-refractivity contribution in [3.05, 3.63) is 25.3 Å². The number of esters is 1. The number of hydrogen-bond acceptors (Lipinski definition) is 10. The summed E-state index contributed by atoms with van der Waals surface area (Å²) in [6.07, 6.45) is 1.53. The fraction of sp³-hybridized carbons (Fsp3) is 0.692. The van der Waals surface area contributed by atoms with Crippen LogP contribution < -0.4 is 18.9 Å². The van der Waals surface area contributed by atoms with Gasteiger partial charge in [-0.3, -0.25) is 0 Å². The van der Waals surface area contributed by atoms with Crippen molar-refractivity contribution in [1.29, 1.82) is 0 Å². The SMILES string of the molecule is C.C=CC1(C(=O)O)CN(C(=O)OC(C)(C)C)CCO1.C=CC1(C(=O)OC)CN(C(=O)OC(C)(C)C)CCO1.[Li+].[OH-]. The minimum absolute atomic E-state index is 0. The van der Waals surface area contributed by atoms with Crippen LogP contribution in [0.25, 0.3) is 0 Å². The Hall–Kier alpha value is -2.56. The molecule has 14 heteroatoms. The summed E-state index contributed by atoms with van der Waals surface area (Å²) in [7, 11) is 1.27. The molecule has 2 atom stereocenters. The number of nitrogens with zero attached hydrogens (tertiary/aromatic N) is 2. The first-order valence-electron chi connectivity index (χ1n) is 11.8. The Bertz CT molecular complexity index is 885. The zero-order valence-corrected chi connectivity index (χ0v) is 24.3. The van der Waals surface area contributed by atoms with Gasteiger partial charge < -0.3 is 44.1 Å². The van der Waals surface area contributed by atoms with E-state index in [-0.39, 0.29) is 58.1 Å². The van der Waals surface area contributed by atoms with Gasteiger partial charge in [0.2, 0.25) is 11.2 Å². The molecule has 2 fully saturated rings. The minimum Gasteiger partial charge on any atom is -0.870 e. The van der Waals surface area contributed by atoms with Crippen LogP contribution in [0.15, 0.2) is 25.3 Å². The predicted octanol–water partition coefficient (Wildman–Crippen LogP) is 0.0779. The van der Waals surface area contributed by atoms with Gasteiger partial charge in [0, 0.05) is 13.1 Å². The summed E-state index contributed by atoms with van der Waals surface area (Å²) in [4.78, 5) is 49.6. The maximum Gasteiger partial charge on any atom is 1.00 e. The molecule has 2 aliphatic heterocycles. The third kappa shape index (κ3) is 11.9. The van der Waals surface area contributed by atoms with Gasteiger partial charge in [0.15, 0.2) is 0 Å². The number of aliphatic carboxylic acids is 1. The van der Waals surface area contributed by atoms with Gasteiger partial charge in [0.25, 0.3) is 0 Å². The molecule has 2 aliphatic rings. The Kier molecular flexibility index (Phi) is 17.4. The van der Waals surface area contributed by atoms with Crippen LogP contribution in [0.1, 0.15) is 49.0 Å². The summed E-state index contributed by atoms with van der Waals surface area (Å²) in [5.74, 6) is -1.73. The topological polar surface area (TPSA) is 171 Å². The Morgan fingerprint density at radius 2 is 1.18 bits per heavy atom. The molecular formula is C26H45LiN2O11. The van der Waals surface area contributed by atoms with Crippen molar-refractivity contribution in [2.75, 3.05) is 46.5 Å². The molecule has 2 rings (SSSR count). The Balaban J connectivity index is -0.000000637. The van der Waals surface area contributed by atoms with Gasteiger partial charge in [-0.2, -0.15) is 0 Å². The minimum atomic E-state index is -1.55. The Morgan fingerprint density at radius 3 is 1.48 bits per heavy atom. The van der Waals surface area contributed by atoms with Crippen LogP contribution in [0, 0.1) is 0 Å². The summed E-state index contributed by atoms with van der Waals surface area (Å²) in [6, 6.07) is 0. The summed E-state index contributed by atoms with van der Waals surface area (Å²) in [5.41, 5.74) is -4.06. The molecule has 2 heterocycles. The molecule has 0 spiro atoms. The second kappa shape index (κ2) is 16.6. The third-order valence-corrected chi connectivity index (χ3v) is 5.15. The summed E-state index contributed by atoms with van der Waals surface area (Å²) in [5, 5.41) is 9.15. The molecule has 0 aliphatic carbocycles. The zero-order valence-electron chi connectivity index (χ0n) is 24.3. The second-order valence-corrected chi connectivity index (χ2v) is 10.5. The van der Waals surface area contributed by atoms with Crippen LogP contribution in [-0.4, -0.2) is 113 Å². The van der Waals surface area contributed by atoms with Crippen molar-refractivity contribution in [3.8, 4) is 0 Å². The summed E-state index contributed by atoms with van der Waals surface area (Å²) >= 11 is 0. The van der Waals surface area contributed by atoms with Crippen LogP contribution in [0.5, 0.6) is 0 Å². The maximum atomic E-state index is 12.0. The quantitative estimate of drug-likeness (QED) is 0.211. The van der Waals surface area contributed by atoms with Gasteiger partial charge in [-0.15, -0.1) is 0 Å². The smallest absolute Gasteiger partial charge is 0.870 e. The standard InChI is InChI=1S/C13H21NO5.C12H19NO5.CH4.Li.H2O/c1-6-13(10(15)17-5)9-14(7-8-18-13)11(16)19-12(2,3)4;1-5-12(9(14)15)8-13(6-7-17-12)10(16)18-11(2,3)4;;;/h6H,1,7-9H2,2-5H3;5H,1,6-8H2,2-4H3,(H,14,15);1H4;;1H2/q;;;+1;/p-1. The van der Waals surface area contributed by atoms with Crippen LogP contribution in [0.4, 0.5) is 9.59 Å². The van der Waals surface area contributed by atoms with Gasteiger partial charge in [0.05, 0.1) is 33.4 Å². The van der Waals surface area contributed by atoms with Gasteiger partial charge in [-0.05, 0) is 53.7 Å². The summed E-state index contributed by atoms with van der Waals surface area (Å²) in [6.45, 7) is 18.6. The third-order valence-electron chi connectivity index (χ3n) is 5.15. The van der Waals surface area contributed by atoms with E-state index >= 15 is 0 Å². The number of rotatable bonds is 4. The Morgan fingerprint density at radius 1 is 0.825 bits per heavy atom. The van der Waals surface area contributed by atoms with Gasteiger partial charge >= 0.3 is 43.0 Å². The number of carboxylic acid groups (broad SMARTS) is 1. The molecule has 0 saturated carbocycles. The van der Waals surface area contributed by atoms with Crippen molar-refractivity contribution >= 4 is 24.1 Å². The van der Waals surface area contributed by atoms with Crippen molar-refractivity contribution in [2.45, 2.75) is 71.4 Å². The Labute approximate surface area is 249 Å². The predicted molar refractivity (Wildman–Crippen MR) is 142 cm³/mol. The number of ether oxygens (including phenoxy) is 5. The molecule has 2 N–H and O–H groups in total. The first-order chi connectivity index (χ1) is 16.9. The molecule has 2 unspecified atom stereocenters. The average molecular weight is 569 g/mol. The molecule has 0 aromatic carbocycles. The molecule has 0 aromatic heterocycles. The normalized spacial score (nSPS) is 22.3. The monoisotopic (exact) mass is 568 g/mol.